The molecule has 1 fully saturated rings. The van der Waals surface area contributed by atoms with Crippen LogP contribution in [-0.4, -0.2) is 29.0 Å². The van der Waals surface area contributed by atoms with Crippen LogP contribution in [0.25, 0.3) is 5.65 Å². The number of rotatable bonds is 4. The van der Waals surface area contributed by atoms with Crippen molar-refractivity contribution >= 4 is 11.5 Å². The van der Waals surface area contributed by atoms with Crippen molar-refractivity contribution in [3.05, 3.63) is 30.1 Å². The largest absolute Gasteiger partial charge is 0.355 e. The van der Waals surface area contributed by atoms with E-state index < -0.39 is 0 Å². The van der Waals surface area contributed by atoms with Crippen LogP contribution in [-0.2, 0) is 6.42 Å². The monoisotopic (exact) mass is 286 g/mol. The van der Waals surface area contributed by atoms with Gasteiger partial charge in [0, 0.05) is 25.7 Å². The van der Waals surface area contributed by atoms with Crippen molar-refractivity contribution < 1.29 is 0 Å². The van der Waals surface area contributed by atoms with Gasteiger partial charge in [0.25, 0.3) is 0 Å². The molecule has 1 aliphatic rings. The summed E-state index contributed by atoms with van der Waals surface area (Å²) < 4.78 is 2.19. The Morgan fingerprint density at radius 3 is 2.90 bits per heavy atom. The lowest BCUT2D eigenvalue weighted by Crippen LogP contribution is -2.39. The summed E-state index contributed by atoms with van der Waals surface area (Å²) in [5.41, 5.74) is 8.09. The molecule has 0 aromatic carbocycles. The molecule has 4 heteroatoms. The lowest BCUT2D eigenvalue weighted by Gasteiger charge is -2.37. The molecule has 0 spiro atoms. The Kier molecular flexibility index (Phi) is 4.15. The number of pyridine rings is 1. The Balaban J connectivity index is 1.99. The highest BCUT2D eigenvalue weighted by molar-refractivity contribution is 5.56. The van der Waals surface area contributed by atoms with Crippen LogP contribution in [0.5, 0.6) is 0 Å². The minimum absolute atomic E-state index is 0.597. The molecule has 0 aliphatic heterocycles. The van der Waals surface area contributed by atoms with Crippen LogP contribution in [0.3, 0.4) is 0 Å². The summed E-state index contributed by atoms with van der Waals surface area (Å²) in [7, 11) is 2.20. The zero-order valence-electron chi connectivity index (χ0n) is 13.1. The minimum atomic E-state index is 0.597. The molecule has 0 amide bonds. The van der Waals surface area contributed by atoms with Gasteiger partial charge in [0.2, 0.25) is 0 Å². The molecule has 0 radical (unpaired) electrons. The molecule has 21 heavy (non-hydrogen) atoms. The Morgan fingerprint density at radius 2 is 2.14 bits per heavy atom. The van der Waals surface area contributed by atoms with Crippen molar-refractivity contribution in [1.29, 1.82) is 0 Å². The van der Waals surface area contributed by atoms with Crippen molar-refractivity contribution in [2.24, 2.45) is 11.7 Å². The Morgan fingerprint density at radius 1 is 1.33 bits per heavy atom. The molecule has 2 aromatic heterocycles. The summed E-state index contributed by atoms with van der Waals surface area (Å²) in [6, 6.07) is 6.77. The van der Waals surface area contributed by atoms with Gasteiger partial charge in [0.15, 0.2) is 5.82 Å². The van der Waals surface area contributed by atoms with E-state index in [-0.39, 0.29) is 0 Å². The zero-order valence-corrected chi connectivity index (χ0v) is 13.1. The fourth-order valence-electron chi connectivity index (χ4n) is 3.71. The molecule has 2 heterocycles. The SMILES string of the molecule is CC1CCCCC1N(C)c1nc2ccccn2c1CCN. The number of nitrogens with two attached hydrogens (primary N) is 1. The van der Waals surface area contributed by atoms with Gasteiger partial charge in [-0.05, 0) is 37.4 Å². The zero-order chi connectivity index (χ0) is 14.8. The van der Waals surface area contributed by atoms with E-state index in [0.717, 1.165) is 23.8 Å². The third kappa shape index (κ3) is 2.64. The van der Waals surface area contributed by atoms with Gasteiger partial charge >= 0.3 is 0 Å². The molecular weight excluding hydrogens is 260 g/mol. The quantitative estimate of drug-likeness (QED) is 0.940. The van der Waals surface area contributed by atoms with E-state index in [0.29, 0.717) is 12.6 Å². The van der Waals surface area contributed by atoms with Crippen LogP contribution >= 0.6 is 0 Å². The maximum Gasteiger partial charge on any atom is 0.151 e. The first-order valence-electron chi connectivity index (χ1n) is 8.11. The average molecular weight is 286 g/mol. The van der Waals surface area contributed by atoms with Crippen LogP contribution in [0.4, 0.5) is 5.82 Å². The highest BCUT2D eigenvalue weighted by Gasteiger charge is 2.28. The van der Waals surface area contributed by atoms with E-state index in [1.807, 2.05) is 6.07 Å². The van der Waals surface area contributed by atoms with Crippen LogP contribution < -0.4 is 10.6 Å². The molecular formula is C17H26N4. The molecule has 1 aliphatic carbocycles. The van der Waals surface area contributed by atoms with E-state index in [9.17, 15) is 0 Å². The van der Waals surface area contributed by atoms with Crippen LogP contribution in [0, 0.1) is 5.92 Å². The first-order valence-corrected chi connectivity index (χ1v) is 8.11. The number of aromatic nitrogens is 2. The van der Waals surface area contributed by atoms with Gasteiger partial charge in [-0.15, -0.1) is 0 Å². The minimum Gasteiger partial charge on any atom is -0.355 e. The Hall–Kier alpha value is -1.55. The second-order valence-electron chi connectivity index (χ2n) is 6.29. The number of imidazole rings is 1. The van der Waals surface area contributed by atoms with Gasteiger partial charge < -0.3 is 15.0 Å². The maximum absolute atomic E-state index is 5.83. The lowest BCUT2D eigenvalue weighted by atomic mass is 9.85. The van der Waals surface area contributed by atoms with Gasteiger partial charge in [-0.25, -0.2) is 4.98 Å². The second kappa shape index (κ2) is 6.06. The Bertz CT molecular complexity index is 604. The highest BCUT2D eigenvalue weighted by atomic mass is 15.2. The maximum atomic E-state index is 5.83. The third-order valence-corrected chi connectivity index (χ3v) is 4.89. The first-order chi connectivity index (χ1) is 10.2. The van der Waals surface area contributed by atoms with Crippen LogP contribution in [0.1, 0.15) is 38.3 Å². The van der Waals surface area contributed by atoms with Crippen molar-refractivity contribution in [2.45, 2.75) is 45.1 Å². The van der Waals surface area contributed by atoms with Crippen molar-refractivity contribution in [1.82, 2.24) is 9.38 Å². The van der Waals surface area contributed by atoms with Crippen LogP contribution in [0.2, 0.25) is 0 Å². The normalized spacial score (nSPS) is 22.6. The molecule has 114 valence electrons. The standard InChI is InChI=1S/C17H26N4/c1-13-7-3-4-8-14(13)20(2)17-15(10-11-18)21-12-6-5-9-16(21)19-17/h5-6,9,12-14H,3-4,7-8,10-11,18H2,1-2H3. The summed E-state index contributed by atoms with van der Waals surface area (Å²) in [5.74, 6) is 1.85. The topological polar surface area (TPSA) is 46.6 Å². The number of hydrogen-bond donors (Lipinski definition) is 1. The summed E-state index contributed by atoms with van der Waals surface area (Å²) >= 11 is 0. The van der Waals surface area contributed by atoms with Crippen molar-refractivity contribution in [3.63, 3.8) is 0 Å². The van der Waals surface area contributed by atoms with Gasteiger partial charge in [0.05, 0.1) is 5.69 Å². The fourth-order valence-corrected chi connectivity index (χ4v) is 3.71. The summed E-state index contributed by atoms with van der Waals surface area (Å²) in [6.45, 7) is 3.03. The number of fused-ring (bicyclic) bond motifs is 1. The molecule has 0 bridgehead atoms. The third-order valence-electron chi connectivity index (χ3n) is 4.89. The van der Waals surface area contributed by atoms with Crippen molar-refractivity contribution in [2.75, 3.05) is 18.5 Å². The predicted octanol–water partition coefficient (Wildman–Crippen LogP) is 2.85. The number of nitrogens with zero attached hydrogens (tertiary/aromatic N) is 3. The molecule has 1 saturated carbocycles. The summed E-state index contributed by atoms with van der Waals surface area (Å²) in [6.07, 6.45) is 8.26. The van der Waals surface area contributed by atoms with E-state index in [1.165, 1.54) is 31.4 Å². The molecule has 2 aromatic rings. The fraction of sp³-hybridized carbons (Fsp3) is 0.588. The van der Waals surface area contributed by atoms with E-state index >= 15 is 0 Å². The van der Waals surface area contributed by atoms with Crippen molar-refractivity contribution in [3.8, 4) is 0 Å². The van der Waals surface area contributed by atoms with E-state index in [1.54, 1.807) is 0 Å². The molecule has 2 atom stereocenters. The lowest BCUT2D eigenvalue weighted by molar-refractivity contribution is 0.320. The smallest absolute Gasteiger partial charge is 0.151 e. The Labute approximate surface area is 127 Å². The second-order valence-corrected chi connectivity index (χ2v) is 6.29. The number of anilines is 1. The van der Waals surface area contributed by atoms with E-state index in [2.05, 4.69) is 41.6 Å². The predicted molar refractivity (Wildman–Crippen MR) is 87.8 cm³/mol. The average Bonchev–Trinajstić information content (AvgIpc) is 2.87. The van der Waals surface area contributed by atoms with Gasteiger partial charge in [-0.3, -0.25) is 0 Å². The molecule has 0 saturated heterocycles. The number of hydrogen-bond acceptors (Lipinski definition) is 3. The van der Waals surface area contributed by atoms with Crippen LogP contribution in [0.15, 0.2) is 24.4 Å². The van der Waals surface area contributed by atoms with Gasteiger partial charge in [-0.1, -0.05) is 25.8 Å². The van der Waals surface area contributed by atoms with E-state index in [4.69, 9.17) is 10.7 Å². The first kappa shape index (κ1) is 14.4. The summed E-state index contributed by atoms with van der Waals surface area (Å²) in [4.78, 5) is 7.28. The highest BCUT2D eigenvalue weighted by Crippen LogP contribution is 2.32. The van der Waals surface area contributed by atoms with Gasteiger partial charge in [0.1, 0.15) is 5.65 Å². The molecule has 2 N–H and O–H groups in total. The molecule has 3 rings (SSSR count). The molecule has 4 nitrogen and oxygen atoms in total. The molecule has 2 unspecified atom stereocenters. The summed E-state index contributed by atoms with van der Waals surface area (Å²) in [5, 5.41) is 0. The van der Waals surface area contributed by atoms with Gasteiger partial charge in [-0.2, -0.15) is 0 Å².